The van der Waals surface area contributed by atoms with Crippen molar-refractivity contribution < 1.29 is 4.79 Å². The SMILES string of the molecule is CC(C)Cn1cc(C(=O)NC(C)C)c2c3ccccc3n(C)c2c1=O. The van der Waals surface area contributed by atoms with E-state index in [4.69, 9.17) is 0 Å². The Bertz CT molecular complexity index is 1010. The molecule has 5 heteroatoms. The Hall–Kier alpha value is -2.56. The molecule has 1 amide bonds. The van der Waals surface area contributed by atoms with Gasteiger partial charge in [-0.25, -0.2) is 0 Å². The van der Waals surface area contributed by atoms with E-state index in [1.54, 1.807) is 10.8 Å². The third-order valence-electron chi connectivity index (χ3n) is 4.35. The van der Waals surface area contributed by atoms with Crippen molar-refractivity contribution in [2.24, 2.45) is 13.0 Å². The van der Waals surface area contributed by atoms with E-state index in [2.05, 4.69) is 19.2 Å². The number of hydrogen-bond acceptors (Lipinski definition) is 2. The van der Waals surface area contributed by atoms with E-state index in [0.717, 1.165) is 16.3 Å². The first-order valence-electron chi connectivity index (χ1n) is 8.72. The molecule has 0 aliphatic heterocycles. The van der Waals surface area contributed by atoms with Crippen LogP contribution in [0.5, 0.6) is 0 Å². The molecule has 1 aromatic carbocycles. The monoisotopic (exact) mass is 339 g/mol. The van der Waals surface area contributed by atoms with Gasteiger partial charge in [0.2, 0.25) is 0 Å². The van der Waals surface area contributed by atoms with Crippen LogP contribution in [0.3, 0.4) is 0 Å². The molecule has 25 heavy (non-hydrogen) atoms. The number of aryl methyl sites for hydroxylation is 1. The summed E-state index contributed by atoms with van der Waals surface area (Å²) in [5, 5.41) is 4.63. The molecule has 0 aliphatic carbocycles. The van der Waals surface area contributed by atoms with E-state index in [-0.39, 0.29) is 17.5 Å². The number of carbonyl (C=O) groups is 1. The first-order chi connectivity index (χ1) is 11.8. The molecule has 0 fully saturated rings. The zero-order chi connectivity index (χ0) is 18.3. The number of nitrogens with zero attached hydrogens (tertiary/aromatic N) is 2. The maximum absolute atomic E-state index is 13.1. The van der Waals surface area contributed by atoms with Gasteiger partial charge in [-0.2, -0.15) is 0 Å². The summed E-state index contributed by atoms with van der Waals surface area (Å²) in [6, 6.07) is 7.86. The Balaban J connectivity index is 2.43. The van der Waals surface area contributed by atoms with E-state index < -0.39 is 0 Å². The second kappa shape index (κ2) is 6.39. The quantitative estimate of drug-likeness (QED) is 0.793. The van der Waals surface area contributed by atoms with Gasteiger partial charge in [0.15, 0.2) is 0 Å². The minimum atomic E-state index is -0.145. The molecule has 3 rings (SSSR count). The second-order valence-corrected chi connectivity index (χ2v) is 7.32. The molecular formula is C20H25N3O2. The van der Waals surface area contributed by atoms with Crippen LogP contribution in [0.15, 0.2) is 35.3 Å². The molecule has 1 N–H and O–H groups in total. The molecule has 3 aromatic rings. The van der Waals surface area contributed by atoms with E-state index in [1.165, 1.54) is 0 Å². The van der Waals surface area contributed by atoms with Gasteiger partial charge in [0, 0.05) is 42.1 Å². The zero-order valence-corrected chi connectivity index (χ0v) is 15.5. The van der Waals surface area contributed by atoms with Crippen LogP contribution in [0, 0.1) is 5.92 Å². The minimum absolute atomic E-state index is 0.0306. The van der Waals surface area contributed by atoms with E-state index in [9.17, 15) is 9.59 Å². The van der Waals surface area contributed by atoms with Gasteiger partial charge in [0.25, 0.3) is 11.5 Å². The van der Waals surface area contributed by atoms with E-state index in [0.29, 0.717) is 23.5 Å². The average molecular weight is 339 g/mol. The van der Waals surface area contributed by atoms with Gasteiger partial charge in [-0.05, 0) is 25.8 Å². The Labute approximate surface area is 147 Å². The van der Waals surface area contributed by atoms with Gasteiger partial charge in [-0.1, -0.05) is 32.0 Å². The van der Waals surface area contributed by atoms with E-state index >= 15 is 0 Å². The number of hydrogen-bond donors (Lipinski definition) is 1. The Kier molecular flexibility index (Phi) is 4.41. The molecule has 0 unspecified atom stereocenters. The Morgan fingerprint density at radius 2 is 1.84 bits per heavy atom. The first-order valence-corrected chi connectivity index (χ1v) is 8.72. The van der Waals surface area contributed by atoms with Crippen molar-refractivity contribution in [3.05, 3.63) is 46.4 Å². The normalized spacial score (nSPS) is 11.8. The van der Waals surface area contributed by atoms with E-state index in [1.807, 2.05) is 49.7 Å². The zero-order valence-electron chi connectivity index (χ0n) is 15.5. The Morgan fingerprint density at radius 1 is 1.16 bits per heavy atom. The van der Waals surface area contributed by atoms with Gasteiger partial charge in [0.1, 0.15) is 5.52 Å². The largest absolute Gasteiger partial charge is 0.350 e. The van der Waals surface area contributed by atoms with Crippen LogP contribution < -0.4 is 10.9 Å². The maximum atomic E-state index is 13.1. The fourth-order valence-electron chi connectivity index (χ4n) is 3.37. The summed E-state index contributed by atoms with van der Waals surface area (Å²) >= 11 is 0. The smallest absolute Gasteiger partial charge is 0.275 e. The molecule has 2 aromatic heterocycles. The summed E-state index contributed by atoms with van der Waals surface area (Å²) in [4.78, 5) is 25.9. The summed E-state index contributed by atoms with van der Waals surface area (Å²) < 4.78 is 3.57. The standard InChI is InChI=1S/C20H25N3O2/c1-12(2)10-23-11-15(19(24)21-13(3)4)17-14-8-6-7-9-16(14)22(5)18(17)20(23)25/h6-9,11-13H,10H2,1-5H3,(H,21,24). The maximum Gasteiger partial charge on any atom is 0.275 e. The fraction of sp³-hybridized carbons (Fsp3) is 0.400. The van der Waals surface area contributed by atoms with Crippen molar-refractivity contribution >= 4 is 27.7 Å². The van der Waals surface area contributed by atoms with Gasteiger partial charge in [-0.15, -0.1) is 0 Å². The van der Waals surface area contributed by atoms with Gasteiger partial charge >= 0.3 is 0 Å². The fourth-order valence-corrected chi connectivity index (χ4v) is 3.37. The van der Waals surface area contributed by atoms with Gasteiger partial charge < -0.3 is 14.5 Å². The number of nitrogens with one attached hydrogen (secondary N) is 1. The summed E-state index contributed by atoms with van der Waals surface area (Å²) in [6.07, 6.45) is 1.72. The van der Waals surface area contributed by atoms with Crippen molar-refractivity contribution in [3.8, 4) is 0 Å². The molecular weight excluding hydrogens is 314 g/mol. The van der Waals surface area contributed by atoms with Crippen molar-refractivity contribution in [1.82, 2.24) is 14.5 Å². The van der Waals surface area contributed by atoms with Crippen LogP contribution in [-0.2, 0) is 13.6 Å². The highest BCUT2D eigenvalue weighted by atomic mass is 16.2. The molecule has 5 nitrogen and oxygen atoms in total. The molecule has 0 bridgehead atoms. The number of amides is 1. The number of pyridine rings is 1. The molecule has 0 spiro atoms. The van der Waals surface area contributed by atoms with Crippen molar-refractivity contribution in [3.63, 3.8) is 0 Å². The average Bonchev–Trinajstić information content (AvgIpc) is 2.83. The molecule has 132 valence electrons. The highest BCUT2D eigenvalue weighted by Crippen LogP contribution is 2.29. The molecule has 2 heterocycles. The third kappa shape index (κ3) is 2.95. The predicted molar refractivity (Wildman–Crippen MR) is 102 cm³/mol. The lowest BCUT2D eigenvalue weighted by Gasteiger charge is -2.14. The minimum Gasteiger partial charge on any atom is -0.350 e. The molecule has 0 saturated carbocycles. The lowest BCUT2D eigenvalue weighted by Crippen LogP contribution is -2.32. The number of carbonyl (C=O) groups excluding carboxylic acids is 1. The highest BCUT2D eigenvalue weighted by Gasteiger charge is 2.21. The summed E-state index contributed by atoms with van der Waals surface area (Å²) in [5.41, 5.74) is 2.04. The lowest BCUT2D eigenvalue weighted by molar-refractivity contribution is 0.0944. The van der Waals surface area contributed by atoms with Crippen LogP contribution in [0.1, 0.15) is 38.1 Å². The van der Waals surface area contributed by atoms with Crippen LogP contribution in [0.2, 0.25) is 0 Å². The topological polar surface area (TPSA) is 56.0 Å². The first kappa shape index (κ1) is 17.3. The number of benzene rings is 1. The summed E-state index contributed by atoms with van der Waals surface area (Å²) in [6.45, 7) is 8.57. The van der Waals surface area contributed by atoms with Crippen LogP contribution in [-0.4, -0.2) is 21.1 Å². The number of rotatable bonds is 4. The molecule has 0 radical (unpaired) electrons. The highest BCUT2D eigenvalue weighted by molar-refractivity contribution is 6.17. The van der Waals surface area contributed by atoms with Gasteiger partial charge in [-0.3, -0.25) is 9.59 Å². The van der Waals surface area contributed by atoms with Crippen molar-refractivity contribution in [2.75, 3.05) is 0 Å². The third-order valence-corrected chi connectivity index (χ3v) is 4.35. The predicted octanol–water partition coefficient (Wildman–Crippen LogP) is 3.29. The molecule has 0 atom stereocenters. The van der Waals surface area contributed by atoms with Crippen LogP contribution >= 0.6 is 0 Å². The molecule has 0 aliphatic rings. The number of para-hydroxylation sites is 1. The molecule has 0 saturated heterocycles. The summed E-state index contributed by atoms with van der Waals surface area (Å²) in [7, 11) is 1.88. The second-order valence-electron chi connectivity index (χ2n) is 7.32. The van der Waals surface area contributed by atoms with Crippen molar-refractivity contribution in [2.45, 2.75) is 40.3 Å². The number of fused-ring (bicyclic) bond motifs is 3. The summed E-state index contributed by atoms with van der Waals surface area (Å²) in [5.74, 6) is 0.166. The lowest BCUT2D eigenvalue weighted by atomic mass is 10.1. The van der Waals surface area contributed by atoms with Gasteiger partial charge in [0.05, 0.1) is 5.56 Å². The van der Waals surface area contributed by atoms with Crippen LogP contribution in [0.25, 0.3) is 21.8 Å². The Morgan fingerprint density at radius 3 is 2.48 bits per heavy atom. The van der Waals surface area contributed by atoms with Crippen molar-refractivity contribution in [1.29, 1.82) is 0 Å². The number of aromatic nitrogens is 2. The van der Waals surface area contributed by atoms with Crippen LogP contribution in [0.4, 0.5) is 0 Å².